The predicted octanol–water partition coefficient (Wildman–Crippen LogP) is 2.92. The number of allylic oxidation sites excluding steroid dienone is 1. The second-order valence-electron chi connectivity index (χ2n) is 7.96. The molecule has 6 atom stereocenters. The maximum absolute atomic E-state index is 12.5. The van der Waals surface area contributed by atoms with Gasteiger partial charge in [0.05, 0.1) is 6.10 Å². The topological polar surface area (TPSA) is 72.8 Å². The molecule has 1 N–H and O–H groups in total. The van der Waals surface area contributed by atoms with Crippen LogP contribution in [0, 0.1) is 17.3 Å². The minimum absolute atomic E-state index is 0.0353. The van der Waals surface area contributed by atoms with Gasteiger partial charge in [0, 0.05) is 22.1 Å². The lowest BCUT2D eigenvalue weighted by Gasteiger charge is -2.56. The van der Waals surface area contributed by atoms with Crippen molar-refractivity contribution in [3.63, 3.8) is 0 Å². The van der Waals surface area contributed by atoms with E-state index in [0.717, 1.165) is 24.8 Å². The zero-order valence-electron chi connectivity index (χ0n) is 15.7. The normalized spacial score (nSPS) is 41.1. The van der Waals surface area contributed by atoms with Crippen LogP contribution in [0.1, 0.15) is 53.9 Å². The maximum Gasteiger partial charge on any atom is 0.334 e. The number of esters is 2. The fraction of sp³-hybridized carbons (Fsp3) is 0.700. The number of aliphatic hydroxyl groups is 1. The molecule has 0 amide bonds. The van der Waals surface area contributed by atoms with Crippen LogP contribution in [0.4, 0.5) is 0 Å². The predicted molar refractivity (Wildman–Crippen MR) is 92.5 cm³/mol. The van der Waals surface area contributed by atoms with Crippen LogP contribution in [0.15, 0.2) is 22.8 Å². The highest BCUT2D eigenvalue weighted by Gasteiger charge is 2.60. The van der Waals surface area contributed by atoms with Gasteiger partial charge in [0.1, 0.15) is 12.2 Å². The summed E-state index contributed by atoms with van der Waals surface area (Å²) in [5.41, 5.74) is 1.46. The third-order valence-corrected chi connectivity index (χ3v) is 6.91. The molecule has 0 radical (unpaired) electrons. The van der Waals surface area contributed by atoms with Gasteiger partial charge in [-0.15, -0.1) is 0 Å². The summed E-state index contributed by atoms with van der Waals surface area (Å²) in [5, 5.41) is 10.5. The first-order valence-corrected chi connectivity index (χ1v) is 9.15. The SMILES string of the molecule is C/C=C(\C)C(=O)O[C@@H]1C2=C(C)C(=O)O[C@H]2C[C@H]2CC[C@H](O)[C@H](C)[C@]21C. The van der Waals surface area contributed by atoms with E-state index in [0.29, 0.717) is 11.1 Å². The van der Waals surface area contributed by atoms with E-state index in [-0.39, 0.29) is 29.9 Å². The van der Waals surface area contributed by atoms with E-state index in [1.807, 2.05) is 6.92 Å². The summed E-state index contributed by atoms with van der Waals surface area (Å²) in [7, 11) is 0. The molecule has 0 aromatic carbocycles. The number of aliphatic hydroxyl groups excluding tert-OH is 1. The molecule has 0 aromatic rings. The van der Waals surface area contributed by atoms with Crippen molar-refractivity contribution in [3.8, 4) is 0 Å². The van der Waals surface area contributed by atoms with Gasteiger partial charge in [-0.05, 0) is 51.9 Å². The van der Waals surface area contributed by atoms with Crippen LogP contribution in [0.2, 0.25) is 0 Å². The molecule has 2 aliphatic carbocycles. The van der Waals surface area contributed by atoms with Crippen molar-refractivity contribution < 1.29 is 24.2 Å². The quantitative estimate of drug-likeness (QED) is 0.613. The number of fused-ring (bicyclic) bond motifs is 2. The Bertz CT molecular complexity index is 661. The second kappa shape index (κ2) is 6.27. The summed E-state index contributed by atoms with van der Waals surface area (Å²) in [5.74, 6) is -0.492. The van der Waals surface area contributed by atoms with Crippen LogP contribution in [0.5, 0.6) is 0 Å². The molecule has 0 aromatic heterocycles. The lowest BCUT2D eigenvalue weighted by molar-refractivity contribution is -0.175. The van der Waals surface area contributed by atoms with Crippen LogP contribution in [0.3, 0.4) is 0 Å². The van der Waals surface area contributed by atoms with E-state index in [9.17, 15) is 14.7 Å². The summed E-state index contributed by atoms with van der Waals surface area (Å²) >= 11 is 0. The van der Waals surface area contributed by atoms with Crippen LogP contribution in [-0.2, 0) is 19.1 Å². The molecule has 138 valence electrons. The van der Waals surface area contributed by atoms with Crippen LogP contribution in [0.25, 0.3) is 0 Å². The largest absolute Gasteiger partial charge is 0.454 e. The number of ether oxygens (including phenoxy) is 2. The van der Waals surface area contributed by atoms with E-state index < -0.39 is 17.6 Å². The van der Waals surface area contributed by atoms with E-state index in [1.54, 1.807) is 26.8 Å². The Balaban J connectivity index is 2.08. The van der Waals surface area contributed by atoms with Crippen LogP contribution in [-0.4, -0.2) is 35.4 Å². The Morgan fingerprint density at radius 1 is 1.40 bits per heavy atom. The molecule has 0 bridgehead atoms. The van der Waals surface area contributed by atoms with Crippen molar-refractivity contribution in [2.45, 2.75) is 72.2 Å². The first kappa shape index (κ1) is 18.2. The number of carbonyl (C=O) groups is 2. The smallest absolute Gasteiger partial charge is 0.334 e. The van der Waals surface area contributed by atoms with Gasteiger partial charge < -0.3 is 14.6 Å². The minimum Gasteiger partial charge on any atom is -0.454 e. The van der Waals surface area contributed by atoms with Gasteiger partial charge in [-0.3, -0.25) is 0 Å². The van der Waals surface area contributed by atoms with Crippen LogP contribution < -0.4 is 0 Å². The van der Waals surface area contributed by atoms with Gasteiger partial charge in [0.25, 0.3) is 0 Å². The number of hydrogen-bond acceptors (Lipinski definition) is 5. The van der Waals surface area contributed by atoms with E-state index >= 15 is 0 Å². The average Bonchev–Trinajstić information content (AvgIpc) is 2.86. The minimum atomic E-state index is -0.546. The molecule has 3 rings (SSSR count). The first-order valence-electron chi connectivity index (χ1n) is 9.15. The van der Waals surface area contributed by atoms with Crippen LogP contribution >= 0.6 is 0 Å². The van der Waals surface area contributed by atoms with Gasteiger partial charge in [0.2, 0.25) is 0 Å². The Morgan fingerprint density at radius 2 is 2.08 bits per heavy atom. The highest BCUT2D eigenvalue weighted by atomic mass is 16.6. The third kappa shape index (κ3) is 2.64. The van der Waals surface area contributed by atoms with Crippen molar-refractivity contribution in [2.75, 3.05) is 0 Å². The molecule has 1 heterocycles. The highest BCUT2D eigenvalue weighted by Crippen LogP contribution is 2.57. The molecule has 1 aliphatic heterocycles. The molecule has 0 spiro atoms. The molecular weight excluding hydrogens is 320 g/mol. The second-order valence-corrected chi connectivity index (χ2v) is 7.96. The number of hydrogen-bond donors (Lipinski definition) is 1. The molecule has 25 heavy (non-hydrogen) atoms. The lowest BCUT2D eigenvalue weighted by Crippen LogP contribution is -2.58. The van der Waals surface area contributed by atoms with E-state index in [4.69, 9.17) is 9.47 Å². The summed E-state index contributed by atoms with van der Waals surface area (Å²) in [4.78, 5) is 24.7. The number of carbonyl (C=O) groups excluding carboxylic acids is 2. The van der Waals surface area contributed by atoms with Gasteiger partial charge in [0.15, 0.2) is 0 Å². The molecule has 5 heteroatoms. The Morgan fingerprint density at radius 3 is 2.72 bits per heavy atom. The number of rotatable bonds is 2. The summed E-state index contributed by atoms with van der Waals surface area (Å²) in [6.45, 7) is 9.37. The van der Waals surface area contributed by atoms with Crippen molar-refractivity contribution >= 4 is 11.9 Å². The Kier molecular flexibility index (Phi) is 4.56. The highest BCUT2D eigenvalue weighted by molar-refractivity contribution is 5.93. The van der Waals surface area contributed by atoms with E-state index in [1.165, 1.54) is 0 Å². The zero-order valence-corrected chi connectivity index (χ0v) is 15.7. The van der Waals surface area contributed by atoms with Gasteiger partial charge >= 0.3 is 11.9 Å². The lowest BCUT2D eigenvalue weighted by atomic mass is 9.52. The fourth-order valence-electron chi connectivity index (χ4n) is 4.83. The van der Waals surface area contributed by atoms with Crippen molar-refractivity contribution in [1.82, 2.24) is 0 Å². The molecule has 0 saturated heterocycles. The van der Waals surface area contributed by atoms with E-state index in [2.05, 4.69) is 6.92 Å². The van der Waals surface area contributed by atoms with Gasteiger partial charge in [-0.2, -0.15) is 0 Å². The molecule has 3 aliphatic rings. The Hall–Kier alpha value is -1.62. The monoisotopic (exact) mass is 348 g/mol. The van der Waals surface area contributed by atoms with Gasteiger partial charge in [-0.25, -0.2) is 9.59 Å². The molecular formula is C20H28O5. The first-order chi connectivity index (χ1) is 11.7. The molecule has 5 nitrogen and oxygen atoms in total. The molecule has 0 unspecified atom stereocenters. The summed E-state index contributed by atoms with van der Waals surface area (Å²) in [6.07, 6.45) is 2.75. The van der Waals surface area contributed by atoms with Crippen molar-refractivity contribution in [3.05, 3.63) is 22.8 Å². The summed E-state index contributed by atoms with van der Waals surface area (Å²) in [6, 6.07) is 0. The average molecular weight is 348 g/mol. The zero-order chi connectivity index (χ0) is 18.5. The maximum atomic E-state index is 12.5. The fourth-order valence-corrected chi connectivity index (χ4v) is 4.83. The standard InChI is InChI=1S/C20H28O5/c1-6-10(2)18(22)25-17-16-11(3)19(23)24-15(16)9-13-7-8-14(21)12(4)20(13,17)5/h6,12-15,17,21H,7-9H2,1-5H3/b10-6+/t12-,13+,14-,15-,17+,20+/m0/s1. The molecule has 2 saturated carbocycles. The van der Waals surface area contributed by atoms with Gasteiger partial charge in [-0.1, -0.05) is 19.9 Å². The summed E-state index contributed by atoms with van der Waals surface area (Å²) < 4.78 is 11.5. The van der Waals surface area contributed by atoms with Crippen molar-refractivity contribution in [2.24, 2.45) is 17.3 Å². The third-order valence-electron chi connectivity index (χ3n) is 6.91. The van der Waals surface area contributed by atoms with Crippen molar-refractivity contribution in [1.29, 1.82) is 0 Å². The molecule has 2 fully saturated rings. The Labute approximate surface area is 149 Å².